The maximum Gasteiger partial charge on any atom is 0.133 e. The number of aryl methyl sites for hydroxylation is 2. The largest absolute Gasteiger partial charge is 0.384 e. The van der Waals surface area contributed by atoms with Gasteiger partial charge >= 0.3 is 0 Å². The first-order valence-electron chi connectivity index (χ1n) is 8.79. The fourth-order valence-electron chi connectivity index (χ4n) is 3.57. The Labute approximate surface area is 148 Å². The predicted octanol–water partition coefficient (Wildman–Crippen LogP) is 4.56. The van der Waals surface area contributed by atoms with Crippen molar-refractivity contribution in [3.8, 4) is 0 Å². The van der Waals surface area contributed by atoms with E-state index in [1.807, 2.05) is 43.5 Å². The third kappa shape index (κ3) is 3.03. The Hall–Kier alpha value is -2.65. The molecule has 126 valence electrons. The summed E-state index contributed by atoms with van der Waals surface area (Å²) >= 11 is 0. The number of aliphatic hydroxyl groups is 1. The van der Waals surface area contributed by atoms with Crippen LogP contribution in [0.5, 0.6) is 0 Å². The molecule has 0 fully saturated rings. The van der Waals surface area contributed by atoms with E-state index in [0.29, 0.717) is 0 Å². The van der Waals surface area contributed by atoms with Crippen molar-refractivity contribution < 1.29 is 5.11 Å². The molecule has 1 atom stereocenters. The lowest BCUT2D eigenvalue weighted by Gasteiger charge is -2.31. The first-order valence-corrected chi connectivity index (χ1v) is 8.79. The van der Waals surface area contributed by atoms with Gasteiger partial charge in [0.25, 0.3) is 0 Å². The van der Waals surface area contributed by atoms with Crippen molar-refractivity contribution in [3.63, 3.8) is 0 Å². The molecule has 0 spiro atoms. The van der Waals surface area contributed by atoms with Crippen LogP contribution in [0.3, 0.4) is 0 Å². The SMILES string of the molecule is Cc1cc(N2CCCc3ccccc32)ncc1[C@H](O)c1ccccc1. The number of hydrogen-bond donors (Lipinski definition) is 1. The van der Waals surface area contributed by atoms with Crippen molar-refractivity contribution in [2.45, 2.75) is 25.9 Å². The highest BCUT2D eigenvalue weighted by atomic mass is 16.3. The number of rotatable bonds is 3. The minimum Gasteiger partial charge on any atom is -0.384 e. The highest BCUT2D eigenvalue weighted by molar-refractivity contribution is 5.66. The number of aliphatic hydroxyl groups excluding tert-OH is 1. The fraction of sp³-hybridized carbons (Fsp3) is 0.227. The minimum absolute atomic E-state index is 0.642. The Morgan fingerprint density at radius 1 is 1.04 bits per heavy atom. The number of fused-ring (bicyclic) bond motifs is 1. The zero-order valence-electron chi connectivity index (χ0n) is 14.4. The molecule has 2 aromatic carbocycles. The van der Waals surface area contributed by atoms with E-state index in [0.717, 1.165) is 41.9 Å². The maximum absolute atomic E-state index is 10.7. The topological polar surface area (TPSA) is 36.4 Å². The van der Waals surface area contributed by atoms with Gasteiger partial charge in [-0.05, 0) is 48.6 Å². The molecule has 0 amide bonds. The molecule has 2 heterocycles. The summed E-state index contributed by atoms with van der Waals surface area (Å²) in [6.07, 6.45) is 3.43. The monoisotopic (exact) mass is 330 g/mol. The van der Waals surface area contributed by atoms with Crippen molar-refractivity contribution in [3.05, 3.63) is 89.1 Å². The number of hydrogen-bond acceptors (Lipinski definition) is 3. The van der Waals surface area contributed by atoms with E-state index in [4.69, 9.17) is 0 Å². The van der Waals surface area contributed by atoms with Crippen molar-refractivity contribution in [2.24, 2.45) is 0 Å². The van der Waals surface area contributed by atoms with Crippen LogP contribution in [-0.2, 0) is 6.42 Å². The molecule has 1 aliphatic rings. The van der Waals surface area contributed by atoms with Crippen molar-refractivity contribution >= 4 is 11.5 Å². The van der Waals surface area contributed by atoms with Crippen LogP contribution >= 0.6 is 0 Å². The van der Waals surface area contributed by atoms with Crippen LogP contribution in [0.2, 0.25) is 0 Å². The van der Waals surface area contributed by atoms with Crippen LogP contribution < -0.4 is 4.90 Å². The van der Waals surface area contributed by atoms with Crippen molar-refractivity contribution in [1.29, 1.82) is 0 Å². The van der Waals surface area contributed by atoms with Gasteiger partial charge in [0.2, 0.25) is 0 Å². The molecule has 4 rings (SSSR count). The van der Waals surface area contributed by atoms with Gasteiger partial charge in [-0.15, -0.1) is 0 Å². The van der Waals surface area contributed by atoms with E-state index < -0.39 is 6.10 Å². The van der Waals surface area contributed by atoms with E-state index in [-0.39, 0.29) is 0 Å². The van der Waals surface area contributed by atoms with Crippen molar-refractivity contribution in [2.75, 3.05) is 11.4 Å². The van der Waals surface area contributed by atoms with E-state index in [2.05, 4.69) is 40.2 Å². The third-order valence-electron chi connectivity index (χ3n) is 4.93. The molecule has 25 heavy (non-hydrogen) atoms. The molecule has 1 aliphatic heterocycles. The van der Waals surface area contributed by atoms with E-state index in [9.17, 15) is 5.11 Å². The maximum atomic E-state index is 10.7. The van der Waals surface area contributed by atoms with Crippen LogP contribution in [0.4, 0.5) is 11.5 Å². The second-order valence-electron chi connectivity index (χ2n) is 6.60. The van der Waals surface area contributed by atoms with Crippen molar-refractivity contribution in [1.82, 2.24) is 4.98 Å². The fourth-order valence-corrected chi connectivity index (χ4v) is 3.57. The zero-order chi connectivity index (χ0) is 17.2. The van der Waals surface area contributed by atoms with Crippen LogP contribution in [-0.4, -0.2) is 16.6 Å². The van der Waals surface area contributed by atoms with Crippen LogP contribution in [0.25, 0.3) is 0 Å². The molecule has 1 N–H and O–H groups in total. The molecule has 3 heteroatoms. The van der Waals surface area contributed by atoms with Gasteiger partial charge in [0.05, 0.1) is 0 Å². The lowest BCUT2D eigenvalue weighted by atomic mass is 9.98. The molecule has 0 saturated carbocycles. The Bertz CT molecular complexity index is 876. The predicted molar refractivity (Wildman–Crippen MR) is 101 cm³/mol. The molecular formula is C22H22N2O. The minimum atomic E-state index is -0.642. The van der Waals surface area contributed by atoms with Crippen LogP contribution in [0, 0.1) is 6.92 Å². The number of benzene rings is 2. The third-order valence-corrected chi connectivity index (χ3v) is 4.93. The number of aromatic nitrogens is 1. The zero-order valence-corrected chi connectivity index (χ0v) is 14.4. The van der Waals surface area contributed by atoms with E-state index >= 15 is 0 Å². The summed E-state index contributed by atoms with van der Waals surface area (Å²) in [4.78, 5) is 6.96. The summed E-state index contributed by atoms with van der Waals surface area (Å²) in [5.41, 5.74) is 5.44. The second-order valence-corrected chi connectivity index (χ2v) is 6.60. The lowest BCUT2D eigenvalue weighted by Crippen LogP contribution is -2.25. The quantitative estimate of drug-likeness (QED) is 0.765. The first kappa shape index (κ1) is 15.9. The van der Waals surface area contributed by atoms with Gasteiger partial charge in [0.1, 0.15) is 11.9 Å². The second kappa shape index (κ2) is 6.69. The normalized spacial score (nSPS) is 14.9. The average Bonchev–Trinajstić information content (AvgIpc) is 2.67. The number of anilines is 2. The molecular weight excluding hydrogens is 308 g/mol. The van der Waals surface area contributed by atoms with E-state index in [1.54, 1.807) is 0 Å². The molecule has 0 unspecified atom stereocenters. The molecule has 3 aromatic rings. The van der Waals surface area contributed by atoms with Gasteiger partial charge in [-0.3, -0.25) is 0 Å². The standard InChI is InChI=1S/C22H22N2O/c1-16-14-21(24-13-7-11-17-8-5-6-12-20(17)24)23-15-19(16)22(25)18-9-3-2-4-10-18/h2-6,8-10,12,14-15,22,25H,7,11,13H2,1H3/t22-/m1/s1. The summed E-state index contributed by atoms with van der Waals surface area (Å²) in [5.74, 6) is 0.952. The van der Waals surface area contributed by atoms with Gasteiger partial charge < -0.3 is 10.0 Å². The summed E-state index contributed by atoms with van der Waals surface area (Å²) in [7, 11) is 0. The highest BCUT2D eigenvalue weighted by Gasteiger charge is 2.20. The summed E-state index contributed by atoms with van der Waals surface area (Å²) in [6.45, 7) is 3.02. The molecule has 0 aliphatic carbocycles. The number of para-hydroxylation sites is 1. The van der Waals surface area contributed by atoms with Gasteiger partial charge in [0, 0.05) is 24.0 Å². The Morgan fingerprint density at radius 3 is 2.60 bits per heavy atom. The summed E-state index contributed by atoms with van der Waals surface area (Å²) in [6, 6.07) is 20.4. The smallest absolute Gasteiger partial charge is 0.133 e. The molecule has 1 aromatic heterocycles. The molecule has 0 saturated heterocycles. The van der Waals surface area contributed by atoms with Gasteiger partial charge in [-0.1, -0.05) is 48.5 Å². The molecule has 0 radical (unpaired) electrons. The number of pyridine rings is 1. The van der Waals surface area contributed by atoms with Gasteiger partial charge in [0.15, 0.2) is 0 Å². The number of nitrogens with zero attached hydrogens (tertiary/aromatic N) is 2. The highest BCUT2D eigenvalue weighted by Crippen LogP contribution is 2.34. The van der Waals surface area contributed by atoms with Crippen LogP contribution in [0.1, 0.15) is 34.8 Å². The van der Waals surface area contributed by atoms with Gasteiger partial charge in [-0.25, -0.2) is 4.98 Å². The Morgan fingerprint density at radius 2 is 1.80 bits per heavy atom. The lowest BCUT2D eigenvalue weighted by molar-refractivity contribution is 0.219. The molecule has 0 bridgehead atoms. The van der Waals surface area contributed by atoms with E-state index in [1.165, 1.54) is 11.3 Å². The summed E-state index contributed by atoms with van der Waals surface area (Å²) < 4.78 is 0. The molecule has 3 nitrogen and oxygen atoms in total. The Kier molecular flexibility index (Phi) is 4.24. The average molecular weight is 330 g/mol. The Balaban J connectivity index is 1.67. The first-order chi connectivity index (χ1) is 12.2. The summed E-state index contributed by atoms with van der Waals surface area (Å²) in [5, 5.41) is 10.7. The van der Waals surface area contributed by atoms with Gasteiger partial charge in [-0.2, -0.15) is 0 Å². The van der Waals surface area contributed by atoms with Crippen LogP contribution in [0.15, 0.2) is 66.9 Å².